The highest BCUT2D eigenvalue weighted by Crippen LogP contribution is 2.24. The summed E-state index contributed by atoms with van der Waals surface area (Å²) < 4.78 is 5.38. The molecule has 0 aliphatic heterocycles. The van der Waals surface area contributed by atoms with Gasteiger partial charge in [0.1, 0.15) is 12.1 Å². The Balaban J connectivity index is 2.70. The van der Waals surface area contributed by atoms with Gasteiger partial charge in [0.15, 0.2) is 0 Å². The molecule has 0 radical (unpaired) electrons. The standard InChI is InChI=1S/C14H26N4O/c1-7-19-13-8-12(15-10-16-13)17-11(2)14(3,4)9-18(5)6/h8,10-11H,7,9H2,1-6H3,(H,15,16,17). The Kier molecular flexibility index (Phi) is 5.54. The van der Waals surface area contributed by atoms with E-state index in [2.05, 4.69) is 55.1 Å². The molecule has 1 unspecified atom stereocenters. The van der Waals surface area contributed by atoms with Crippen LogP contribution in [-0.2, 0) is 0 Å². The van der Waals surface area contributed by atoms with Crippen LogP contribution in [-0.4, -0.2) is 48.2 Å². The topological polar surface area (TPSA) is 50.3 Å². The minimum atomic E-state index is 0.139. The molecule has 0 fully saturated rings. The highest BCUT2D eigenvalue weighted by molar-refractivity contribution is 5.38. The van der Waals surface area contributed by atoms with Crippen LogP contribution in [0, 0.1) is 5.41 Å². The van der Waals surface area contributed by atoms with E-state index in [9.17, 15) is 0 Å². The lowest BCUT2D eigenvalue weighted by Crippen LogP contribution is -2.41. The molecule has 1 aromatic heterocycles. The molecule has 1 heterocycles. The van der Waals surface area contributed by atoms with Crippen LogP contribution in [0.1, 0.15) is 27.7 Å². The third-order valence-corrected chi connectivity index (χ3v) is 3.19. The van der Waals surface area contributed by atoms with Crippen LogP contribution < -0.4 is 10.1 Å². The number of rotatable bonds is 7. The molecule has 0 aliphatic carbocycles. The smallest absolute Gasteiger partial charge is 0.218 e. The van der Waals surface area contributed by atoms with E-state index in [0.717, 1.165) is 12.4 Å². The van der Waals surface area contributed by atoms with Gasteiger partial charge in [0.25, 0.3) is 0 Å². The molecule has 0 aromatic carbocycles. The Labute approximate surface area is 116 Å². The van der Waals surface area contributed by atoms with Gasteiger partial charge in [0.05, 0.1) is 6.61 Å². The number of aromatic nitrogens is 2. The second-order valence-electron chi connectivity index (χ2n) is 5.77. The summed E-state index contributed by atoms with van der Waals surface area (Å²) in [6, 6.07) is 2.13. The van der Waals surface area contributed by atoms with Crippen LogP contribution in [0.15, 0.2) is 12.4 Å². The molecule has 1 rings (SSSR count). The van der Waals surface area contributed by atoms with Gasteiger partial charge in [-0.05, 0) is 33.4 Å². The first-order chi connectivity index (χ1) is 8.85. The molecule has 0 spiro atoms. The summed E-state index contributed by atoms with van der Waals surface area (Å²) in [5.74, 6) is 1.41. The summed E-state index contributed by atoms with van der Waals surface area (Å²) in [5.41, 5.74) is 0.139. The van der Waals surface area contributed by atoms with Crippen molar-refractivity contribution in [2.24, 2.45) is 5.41 Å². The van der Waals surface area contributed by atoms with Gasteiger partial charge in [0.2, 0.25) is 5.88 Å². The molecule has 0 aliphatic rings. The summed E-state index contributed by atoms with van der Waals surface area (Å²) in [6.45, 7) is 10.2. The van der Waals surface area contributed by atoms with Crippen LogP contribution in [0.5, 0.6) is 5.88 Å². The van der Waals surface area contributed by atoms with Crippen molar-refractivity contribution in [2.45, 2.75) is 33.7 Å². The fourth-order valence-corrected chi connectivity index (χ4v) is 2.01. The molecule has 0 saturated heterocycles. The molecule has 1 N–H and O–H groups in total. The van der Waals surface area contributed by atoms with E-state index in [1.54, 1.807) is 0 Å². The normalized spacial score (nSPS) is 13.4. The lowest BCUT2D eigenvalue weighted by molar-refractivity contribution is 0.217. The largest absolute Gasteiger partial charge is 0.478 e. The van der Waals surface area contributed by atoms with E-state index in [-0.39, 0.29) is 5.41 Å². The lowest BCUT2D eigenvalue weighted by atomic mass is 9.85. The Morgan fingerprint density at radius 3 is 2.63 bits per heavy atom. The van der Waals surface area contributed by atoms with Crippen LogP contribution >= 0.6 is 0 Å². The summed E-state index contributed by atoms with van der Waals surface area (Å²) in [6.07, 6.45) is 1.53. The predicted octanol–water partition coefficient (Wildman–Crippen LogP) is 2.26. The molecule has 1 atom stereocenters. The highest BCUT2D eigenvalue weighted by atomic mass is 16.5. The molecule has 0 amide bonds. The van der Waals surface area contributed by atoms with Crippen molar-refractivity contribution in [3.05, 3.63) is 12.4 Å². The average molecular weight is 266 g/mol. The van der Waals surface area contributed by atoms with Crippen LogP contribution in [0.3, 0.4) is 0 Å². The molecule has 19 heavy (non-hydrogen) atoms. The third-order valence-electron chi connectivity index (χ3n) is 3.19. The van der Waals surface area contributed by atoms with Crippen molar-refractivity contribution in [3.63, 3.8) is 0 Å². The van der Waals surface area contributed by atoms with Gasteiger partial charge in [-0.2, -0.15) is 0 Å². The fraction of sp³-hybridized carbons (Fsp3) is 0.714. The van der Waals surface area contributed by atoms with Gasteiger partial charge in [-0.25, -0.2) is 9.97 Å². The van der Waals surface area contributed by atoms with Crippen molar-refractivity contribution in [1.82, 2.24) is 14.9 Å². The third kappa shape index (κ3) is 5.03. The minimum absolute atomic E-state index is 0.139. The average Bonchev–Trinajstić information content (AvgIpc) is 2.28. The zero-order chi connectivity index (χ0) is 14.5. The second kappa shape index (κ2) is 6.70. The first-order valence-electron chi connectivity index (χ1n) is 6.71. The first kappa shape index (κ1) is 15.7. The monoisotopic (exact) mass is 266 g/mol. The van der Waals surface area contributed by atoms with Crippen molar-refractivity contribution in [3.8, 4) is 5.88 Å². The maximum absolute atomic E-state index is 5.38. The van der Waals surface area contributed by atoms with Gasteiger partial charge in [-0.3, -0.25) is 0 Å². The summed E-state index contributed by atoms with van der Waals surface area (Å²) in [5, 5.41) is 3.43. The predicted molar refractivity (Wildman–Crippen MR) is 78.6 cm³/mol. The van der Waals surface area contributed by atoms with Crippen molar-refractivity contribution in [2.75, 3.05) is 32.6 Å². The van der Waals surface area contributed by atoms with Crippen molar-refractivity contribution in [1.29, 1.82) is 0 Å². The summed E-state index contributed by atoms with van der Waals surface area (Å²) in [7, 11) is 4.18. The number of hydrogen-bond acceptors (Lipinski definition) is 5. The Morgan fingerprint density at radius 1 is 1.37 bits per heavy atom. The van der Waals surface area contributed by atoms with Gasteiger partial charge in [-0.15, -0.1) is 0 Å². The van der Waals surface area contributed by atoms with E-state index in [1.165, 1.54) is 6.33 Å². The summed E-state index contributed by atoms with van der Waals surface area (Å²) in [4.78, 5) is 10.5. The number of nitrogens with one attached hydrogen (secondary N) is 1. The number of hydrogen-bond donors (Lipinski definition) is 1. The van der Waals surface area contributed by atoms with E-state index in [1.807, 2.05) is 13.0 Å². The van der Waals surface area contributed by atoms with Crippen LogP contribution in [0.25, 0.3) is 0 Å². The number of ether oxygens (including phenoxy) is 1. The Hall–Kier alpha value is -1.36. The fourth-order valence-electron chi connectivity index (χ4n) is 2.01. The highest BCUT2D eigenvalue weighted by Gasteiger charge is 2.26. The van der Waals surface area contributed by atoms with E-state index in [4.69, 9.17) is 4.74 Å². The maximum atomic E-state index is 5.38. The second-order valence-corrected chi connectivity index (χ2v) is 5.77. The molecule has 5 nitrogen and oxygen atoms in total. The zero-order valence-electron chi connectivity index (χ0n) is 12.9. The van der Waals surface area contributed by atoms with E-state index in [0.29, 0.717) is 18.5 Å². The minimum Gasteiger partial charge on any atom is -0.478 e. The summed E-state index contributed by atoms with van der Waals surface area (Å²) >= 11 is 0. The van der Waals surface area contributed by atoms with Gasteiger partial charge < -0.3 is 15.0 Å². The number of anilines is 1. The first-order valence-corrected chi connectivity index (χ1v) is 6.71. The maximum Gasteiger partial charge on any atom is 0.218 e. The molecular weight excluding hydrogens is 240 g/mol. The zero-order valence-corrected chi connectivity index (χ0v) is 12.9. The molecule has 0 saturated carbocycles. The Morgan fingerprint density at radius 2 is 2.05 bits per heavy atom. The van der Waals surface area contributed by atoms with E-state index >= 15 is 0 Å². The lowest BCUT2D eigenvalue weighted by Gasteiger charge is -2.35. The van der Waals surface area contributed by atoms with Crippen molar-refractivity contribution < 1.29 is 4.74 Å². The van der Waals surface area contributed by atoms with Crippen LogP contribution in [0.2, 0.25) is 0 Å². The van der Waals surface area contributed by atoms with E-state index < -0.39 is 0 Å². The van der Waals surface area contributed by atoms with Crippen LogP contribution in [0.4, 0.5) is 5.82 Å². The molecule has 0 bridgehead atoms. The van der Waals surface area contributed by atoms with Gasteiger partial charge in [0, 0.05) is 18.7 Å². The molecule has 108 valence electrons. The molecule has 5 heteroatoms. The quantitative estimate of drug-likeness (QED) is 0.820. The van der Waals surface area contributed by atoms with Gasteiger partial charge >= 0.3 is 0 Å². The Bertz CT molecular complexity index is 393. The molecule has 1 aromatic rings. The van der Waals surface area contributed by atoms with Gasteiger partial charge in [-0.1, -0.05) is 13.8 Å². The SMILES string of the molecule is CCOc1cc(NC(C)C(C)(C)CN(C)C)ncn1. The van der Waals surface area contributed by atoms with Crippen molar-refractivity contribution >= 4 is 5.82 Å². The number of nitrogens with zero attached hydrogens (tertiary/aromatic N) is 3. The molecular formula is C14H26N4O.